The maximum Gasteiger partial charge on any atom is 0.149 e. The summed E-state index contributed by atoms with van der Waals surface area (Å²) in [6.07, 6.45) is 2.37. The average molecular weight is 163 g/mol. The normalized spacial score (nSPS) is 16.0. The van der Waals surface area contributed by atoms with Crippen molar-refractivity contribution in [3.63, 3.8) is 0 Å². The van der Waals surface area contributed by atoms with Crippen molar-refractivity contribution in [1.82, 2.24) is 0 Å². The quantitative estimate of drug-likeness (QED) is 0.681. The lowest BCUT2D eigenvalue weighted by atomic mass is 10.1. The van der Waals surface area contributed by atoms with Crippen molar-refractivity contribution >= 4 is 5.69 Å². The Kier molecular flexibility index (Phi) is 1.57. The molecule has 0 heterocycles. The number of nitrogens with zero attached hydrogens (tertiary/aromatic N) is 1. The predicted molar refractivity (Wildman–Crippen MR) is 45.5 cm³/mol. The summed E-state index contributed by atoms with van der Waals surface area (Å²) in [6, 6.07) is 5.05. The molecule has 0 spiro atoms. The molecule has 0 atom stereocenters. The molecule has 0 radical (unpaired) electrons. The molecule has 1 saturated carbocycles. The maximum atomic E-state index is 10.2. The first-order chi connectivity index (χ1) is 5.81. The largest absolute Gasteiger partial charge is 0.506 e. The first kappa shape index (κ1) is 7.28. The topological polar surface area (TPSA) is 49.7 Å². The van der Waals surface area contributed by atoms with Gasteiger partial charge in [0.2, 0.25) is 0 Å². The molecule has 3 heteroatoms. The summed E-state index contributed by atoms with van der Waals surface area (Å²) in [5.41, 5.74) is 1.27. The van der Waals surface area contributed by atoms with Gasteiger partial charge < -0.3 is 5.11 Å². The number of nitroso groups, excluding NO2 is 1. The summed E-state index contributed by atoms with van der Waals surface area (Å²) in [4.78, 5) is 10.2. The summed E-state index contributed by atoms with van der Waals surface area (Å²) in [6.45, 7) is 0. The van der Waals surface area contributed by atoms with Crippen LogP contribution in [0.15, 0.2) is 23.4 Å². The minimum atomic E-state index is -0.0330. The molecule has 0 amide bonds. The monoisotopic (exact) mass is 163 g/mol. The van der Waals surface area contributed by atoms with Gasteiger partial charge in [-0.2, -0.15) is 0 Å². The number of rotatable bonds is 2. The summed E-state index contributed by atoms with van der Waals surface area (Å²) in [5, 5.41) is 11.9. The Morgan fingerprint density at radius 3 is 2.75 bits per heavy atom. The van der Waals surface area contributed by atoms with Gasteiger partial charge in [-0.05, 0) is 41.6 Å². The van der Waals surface area contributed by atoms with E-state index in [1.165, 1.54) is 18.9 Å². The Balaban J connectivity index is 2.39. The van der Waals surface area contributed by atoms with E-state index in [1.54, 1.807) is 6.07 Å². The molecule has 1 N–H and O–H groups in total. The van der Waals surface area contributed by atoms with E-state index >= 15 is 0 Å². The van der Waals surface area contributed by atoms with Gasteiger partial charge >= 0.3 is 0 Å². The summed E-state index contributed by atoms with van der Waals surface area (Å²) in [7, 11) is 0. The standard InChI is InChI=1S/C9H9NO2/c11-9-4-3-7(6-1-2-6)5-8(9)10-12/h3-6,11H,1-2H2. The van der Waals surface area contributed by atoms with Gasteiger partial charge in [-0.1, -0.05) is 6.07 Å². The molecule has 3 nitrogen and oxygen atoms in total. The fraction of sp³-hybridized carbons (Fsp3) is 0.333. The van der Waals surface area contributed by atoms with Crippen molar-refractivity contribution in [3.05, 3.63) is 28.7 Å². The van der Waals surface area contributed by atoms with Gasteiger partial charge in [0, 0.05) is 0 Å². The Morgan fingerprint density at radius 2 is 2.17 bits per heavy atom. The number of phenolic OH excluding ortho intramolecular Hbond substituents is 1. The van der Waals surface area contributed by atoms with Crippen LogP contribution in [0.4, 0.5) is 5.69 Å². The van der Waals surface area contributed by atoms with Crippen LogP contribution in [0.2, 0.25) is 0 Å². The average Bonchev–Trinajstić information content (AvgIpc) is 2.88. The van der Waals surface area contributed by atoms with Gasteiger partial charge in [0.05, 0.1) is 0 Å². The number of benzene rings is 1. The molecule has 1 fully saturated rings. The van der Waals surface area contributed by atoms with Crippen molar-refractivity contribution in [2.45, 2.75) is 18.8 Å². The first-order valence-electron chi connectivity index (χ1n) is 3.97. The summed E-state index contributed by atoms with van der Waals surface area (Å²) in [5.74, 6) is 0.556. The van der Waals surface area contributed by atoms with Gasteiger partial charge in [-0.25, -0.2) is 0 Å². The molecule has 1 aliphatic rings. The van der Waals surface area contributed by atoms with Crippen LogP contribution in [0.1, 0.15) is 24.3 Å². The van der Waals surface area contributed by atoms with E-state index in [1.807, 2.05) is 6.07 Å². The molecule has 0 aromatic heterocycles. The molecule has 12 heavy (non-hydrogen) atoms. The van der Waals surface area contributed by atoms with Gasteiger partial charge in [0.25, 0.3) is 0 Å². The van der Waals surface area contributed by atoms with Gasteiger partial charge in [0.15, 0.2) is 0 Å². The zero-order valence-electron chi connectivity index (χ0n) is 6.53. The molecule has 0 aliphatic heterocycles. The zero-order valence-corrected chi connectivity index (χ0v) is 6.53. The van der Waals surface area contributed by atoms with Crippen LogP contribution in [0.25, 0.3) is 0 Å². The molecule has 0 bridgehead atoms. The number of phenols is 1. The molecule has 1 aromatic carbocycles. The number of hydrogen-bond donors (Lipinski definition) is 1. The maximum absolute atomic E-state index is 10.2. The van der Waals surface area contributed by atoms with E-state index in [0.717, 1.165) is 5.56 Å². The second-order valence-corrected chi connectivity index (χ2v) is 3.11. The molecule has 62 valence electrons. The molecule has 0 saturated heterocycles. The van der Waals surface area contributed by atoms with Crippen molar-refractivity contribution in [1.29, 1.82) is 0 Å². The Hall–Kier alpha value is -1.38. The van der Waals surface area contributed by atoms with Crippen LogP contribution in [0.3, 0.4) is 0 Å². The van der Waals surface area contributed by atoms with Gasteiger partial charge in [0.1, 0.15) is 11.4 Å². The lowest BCUT2D eigenvalue weighted by molar-refractivity contribution is 0.476. The minimum Gasteiger partial charge on any atom is -0.506 e. The van der Waals surface area contributed by atoms with Crippen molar-refractivity contribution in [2.75, 3.05) is 0 Å². The summed E-state index contributed by atoms with van der Waals surface area (Å²) >= 11 is 0. The number of hydrogen-bond acceptors (Lipinski definition) is 3. The van der Waals surface area contributed by atoms with E-state index in [9.17, 15) is 4.91 Å². The fourth-order valence-corrected chi connectivity index (χ4v) is 1.28. The van der Waals surface area contributed by atoms with E-state index in [0.29, 0.717) is 5.92 Å². The van der Waals surface area contributed by atoms with E-state index in [4.69, 9.17) is 5.11 Å². The molecular formula is C9H9NO2. The van der Waals surface area contributed by atoms with Crippen LogP contribution in [0, 0.1) is 4.91 Å². The molecule has 0 unspecified atom stereocenters. The van der Waals surface area contributed by atoms with Crippen LogP contribution < -0.4 is 0 Å². The minimum absolute atomic E-state index is 0.0330. The van der Waals surface area contributed by atoms with Crippen LogP contribution >= 0.6 is 0 Å². The lowest BCUT2D eigenvalue weighted by Crippen LogP contribution is -1.77. The Labute approximate surface area is 70.0 Å². The van der Waals surface area contributed by atoms with Crippen molar-refractivity contribution in [3.8, 4) is 5.75 Å². The molecule has 1 aromatic rings. The lowest BCUT2D eigenvalue weighted by Gasteiger charge is -1.99. The van der Waals surface area contributed by atoms with E-state index < -0.39 is 0 Å². The predicted octanol–water partition coefficient (Wildman–Crippen LogP) is 2.67. The van der Waals surface area contributed by atoms with Crippen LogP contribution in [0.5, 0.6) is 5.75 Å². The molecule has 1 aliphatic carbocycles. The van der Waals surface area contributed by atoms with Gasteiger partial charge in [-0.3, -0.25) is 0 Å². The fourth-order valence-electron chi connectivity index (χ4n) is 1.28. The van der Waals surface area contributed by atoms with Crippen molar-refractivity contribution in [2.24, 2.45) is 5.18 Å². The highest BCUT2D eigenvalue weighted by Gasteiger charge is 2.24. The second-order valence-electron chi connectivity index (χ2n) is 3.11. The summed E-state index contributed by atoms with van der Waals surface area (Å²) < 4.78 is 0. The highest BCUT2D eigenvalue weighted by atomic mass is 16.3. The third-order valence-corrected chi connectivity index (χ3v) is 2.15. The Morgan fingerprint density at radius 1 is 1.42 bits per heavy atom. The highest BCUT2D eigenvalue weighted by Crippen LogP contribution is 2.42. The van der Waals surface area contributed by atoms with Crippen molar-refractivity contribution < 1.29 is 5.11 Å². The second kappa shape index (κ2) is 2.59. The molecular weight excluding hydrogens is 154 g/mol. The SMILES string of the molecule is O=Nc1cc(C2CC2)ccc1O. The van der Waals surface area contributed by atoms with E-state index in [2.05, 4.69) is 5.18 Å². The highest BCUT2D eigenvalue weighted by molar-refractivity contribution is 5.53. The number of aromatic hydroxyl groups is 1. The van der Waals surface area contributed by atoms with Crippen LogP contribution in [-0.4, -0.2) is 5.11 Å². The third-order valence-electron chi connectivity index (χ3n) is 2.15. The van der Waals surface area contributed by atoms with E-state index in [-0.39, 0.29) is 11.4 Å². The third kappa shape index (κ3) is 1.18. The first-order valence-corrected chi connectivity index (χ1v) is 3.97. The zero-order chi connectivity index (χ0) is 8.55. The molecule has 2 rings (SSSR count). The van der Waals surface area contributed by atoms with Crippen LogP contribution in [-0.2, 0) is 0 Å². The Bertz CT molecular complexity index is 318. The smallest absolute Gasteiger partial charge is 0.149 e. The van der Waals surface area contributed by atoms with Gasteiger partial charge in [-0.15, -0.1) is 4.91 Å².